The fourth-order valence-electron chi connectivity index (χ4n) is 1.62. The third kappa shape index (κ3) is 3.48. The quantitative estimate of drug-likeness (QED) is 0.917. The van der Waals surface area contributed by atoms with Crippen LogP contribution in [0.15, 0.2) is 24.3 Å². The van der Waals surface area contributed by atoms with E-state index in [1.54, 1.807) is 25.2 Å². The van der Waals surface area contributed by atoms with Crippen molar-refractivity contribution in [1.82, 2.24) is 4.98 Å². The van der Waals surface area contributed by atoms with Gasteiger partial charge in [-0.15, -0.1) is 0 Å². The van der Waals surface area contributed by atoms with Crippen LogP contribution in [0.5, 0.6) is 17.4 Å². The van der Waals surface area contributed by atoms with E-state index in [1.165, 1.54) is 13.2 Å². The number of ether oxygens (including phenoxy) is 2. The van der Waals surface area contributed by atoms with Crippen molar-refractivity contribution in [3.63, 3.8) is 0 Å². The van der Waals surface area contributed by atoms with Gasteiger partial charge in [-0.05, 0) is 18.2 Å². The Morgan fingerprint density at radius 2 is 1.86 bits per heavy atom. The highest BCUT2D eigenvalue weighted by Gasteiger charge is 2.12. The molecular formula is C14H11Cl2N3O2. The number of methoxy groups -OCH3 is 1. The number of hydrogen-bond donors (Lipinski definition) is 1. The summed E-state index contributed by atoms with van der Waals surface area (Å²) in [7, 11) is 3.19. The molecule has 0 amide bonds. The molecule has 1 N–H and O–H groups in total. The molecule has 0 aliphatic carbocycles. The smallest absolute Gasteiger partial charge is 0.240 e. The van der Waals surface area contributed by atoms with Crippen LogP contribution in [0.1, 0.15) is 5.56 Å². The maximum Gasteiger partial charge on any atom is 0.240 e. The first kappa shape index (κ1) is 15.2. The monoisotopic (exact) mass is 323 g/mol. The van der Waals surface area contributed by atoms with E-state index in [4.69, 9.17) is 37.9 Å². The fourth-order valence-corrected chi connectivity index (χ4v) is 2.11. The molecule has 0 saturated heterocycles. The lowest BCUT2D eigenvalue weighted by atomic mass is 10.2. The second kappa shape index (κ2) is 6.53. The summed E-state index contributed by atoms with van der Waals surface area (Å²) in [5.41, 5.74) is 0.406. The predicted octanol–water partition coefficient (Wildman–Crippen LogP) is 4.10. The van der Waals surface area contributed by atoms with Crippen molar-refractivity contribution < 1.29 is 9.47 Å². The topological polar surface area (TPSA) is 67.2 Å². The summed E-state index contributed by atoms with van der Waals surface area (Å²) in [4.78, 5) is 4.18. The van der Waals surface area contributed by atoms with Crippen LogP contribution < -0.4 is 14.8 Å². The van der Waals surface area contributed by atoms with Gasteiger partial charge >= 0.3 is 0 Å². The summed E-state index contributed by atoms with van der Waals surface area (Å²) in [5.74, 6) is 1.52. The lowest BCUT2D eigenvalue weighted by Gasteiger charge is -2.11. The van der Waals surface area contributed by atoms with Crippen molar-refractivity contribution in [1.29, 1.82) is 5.26 Å². The van der Waals surface area contributed by atoms with E-state index in [9.17, 15) is 0 Å². The average Bonchev–Trinajstić information content (AvgIpc) is 2.49. The van der Waals surface area contributed by atoms with Gasteiger partial charge in [0.15, 0.2) is 0 Å². The fraction of sp³-hybridized carbons (Fsp3) is 0.143. The Morgan fingerprint density at radius 1 is 1.14 bits per heavy atom. The number of benzene rings is 1. The number of rotatable bonds is 4. The van der Waals surface area contributed by atoms with Crippen LogP contribution in [-0.2, 0) is 0 Å². The first-order valence-corrected chi connectivity index (χ1v) is 6.63. The SMILES string of the molecule is CNc1nc(Oc2cc(C#N)cc(OC)c2)c(Cl)cc1Cl. The van der Waals surface area contributed by atoms with Crippen LogP contribution >= 0.6 is 23.2 Å². The van der Waals surface area contributed by atoms with Crippen molar-refractivity contribution in [2.24, 2.45) is 0 Å². The maximum absolute atomic E-state index is 8.99. The predicted molar refractivity (Wildman–Crippen MR) is 81.6 cm³/mol. The van der Waals surface area contributed by atoms with Crippen molar-refractivity contribution >= 4 is 29.0 Å². The molecule has 1 aromatic carbocycles. The van der Waals surface area contributed by atoms with E-state index in [1.807, 2.05) is 6.07 Å². The number of hydrogen-bond acceptors (Lipinski definition) is 5. The number of nitrogens with one attached hydrogen (secondary N) is 1. The summed E-state index contributed by atoms with van der Waals surface area (Å²) < 4.78 is 10.7. The molecule has 2 rings (SSSR count). The molecule has 2 aromatic rings. The van der Waals surface area contributed by atoms with Gasteiger partial charge in [0.2, 0.25) is 5.88 Å². The largest absolute Gasteiger partial charge is 0.497 e. The van der Waals surface area contributed by atoms with Gasteiger partial charge in [-0.1, -0.05) is 23.2 Å². The van der Waals surface area contributed by atoms with Gasteiger partial charge in [-0.3, -0.25) is 0 Å². The Balaban J connectivity index is 2.40. The minimum absolute atomic E-state index is 0.183. The van der Waals surface area contributed by atoms with Gasteiger partial charge in [0.1, 0.15) is 22.3 Å². The number of nitriles is 1. The molecule has 7 heteroatoms. The third-order valence-electron chi connectivity index (χ3n) is 2.59. The first-order chi connectivity index (χ1) is 10.1. The summed E-state index contributed by atoms with van der Waals surface area (Å²) in [6.07, 6.45) is 0. The van der Waals surface area contributed by atoms with E-state index < -0.39 is 0 Å². The summed E-state index contributed by atoms with van der Waals surface area (Å²) in [6.45, 7) is 0. The molecule has 0 spiro atoms. The van der Waals surface area contributed by atoms with Gasteiger partial charge in [-0.25, -0.2) is 0 Å². The Bertz CT molecular complexity index is 714. The zero-order valence-electron chi connectivity index (χ0n) is 11.3. The molecule has 0 aliphatic heterocycles. The Hall–Kier alpha value is -2.16. The lowest BCUT2D eigenvalue weighted by Crippen LogP contribution is -1.97. The van der Waals surface area contributed by atoms with Gasteiger partial charge in [-0.2, -0.15) is 10.2 Å². The first-order valence-electron chi connectivity index (χ1n) is 5.88. The highest BCUT2D eigenvalue weighted by molar-refractivity contribution is 6.36. The molecule has 0 aliphatic rings. The number of pyridine rings is 1. The number of nitrogens with zero attached hydrogens (tertiary/aromatic N) is 2. The zero-order valence-corrected chi connectivity index (χ0v) is 12.8. The summed E-state index contributed by atoms with van der Waals surface area (Å²) >= 11 is 12.0. The average molecular weight is 324 g/mol. The van der Waals surface area contributed by atoms with Crippen LogP contribution in [0.25, 0.3) is 0 Å². The molecular weight excluding hydrogens is 313 g/mol. The molecule has 0 radical (unpaired) electrons. The van der Waals surface area contributed by atoms with E-state index >= 15 is 0 Å². The van der Waals surface area contributed by atoms with Gasteiger partial charge < -0.3 is 14.8 Å². The third-order valence-corrected chi connectivity index (χ3v) is 3.15. The van der Waals surface area contributed by atoms with Crippen LogP contribution in [-0.4, -0.2) is 19.1 Å². The Labute approximate surface area is 132 Å². The number of aromatic nitrogens is 1. The van der Waals surface area contributed by atoms with E-state index in [2.05, 4.69) is 10.3 Å². The molecule has 1 aromatic heterocycles. The molecule has 0 saturated carbocycles. The highest BCUT2D eigenvalue weighted by atomic mass is 35.5. The van der Waals surface area contributed by atoms with Crippen LogP contribution in [0.3, 0.4) is 0 Å². The normalized spacial score (nSPS) is 9.86. The van der Waals surface area contributed by atoms with Crippen LogP contribution in [0, 0.1) is 11.3 Å². The van der Waals surface area contributed by atoms with Gasteiger partial charge in [0.05, 0.1) is 23.8 Å². The Kier molecular flexibility index (Phi) is 4.73. The van der Waals surface area contributed by atoms with Crippen LogP contribution in [0.2, 0.25) is 10.0 Å². The summed E-state index contributed by atoms with van der Waals surface area (Å²) in [5, 5.41) is 12.5. The van der Waals surface area contributed by atoms with Gasteiger partial charge in [0, 0.05) is 13.1 Å². The number of anilines is 1. The van der Waals surface area contributed by atoms with E-state index in [0.717, 1.165) is 0 Å². The minimum atomic E-state index is 0.183. The van der Waals surface area contributed by atoms with Crippen molar-refractivity contribution in [2.45, 2.75) is 0 Å². The zero-order chi connectivity index (χ0) is 15.4. The minimum Gasteiger partial charge on any atom is -0.497 e. The Morgan fingerprint density at radius 3 is 2.48 bits per heavy atom. The van der Waals surface area contributed by atoms with Crippen LogP contribution in [0.4, 0.5) is 5.82 Å². The van der Waals surface area contributed by atoms with Crippen molar-refractivity contribution in [3.05, 3.63) is 39.9 Å². The molecule has 0 unspecified atom stereocenters. The highest BCUT2D eigenvalue weighted by Crippen LogP contribution is 2.34. The summed E-state index contributed by atoms with van der Waals surface area (Å²) in [6, 6.07) is 8.35. The van der Waals surface area contributed by atoms with Crippen molar-refractivity contribution in [3.8, 4) is 23.4 Å². The van der Waals surface area contributed by atoms with E-state index in [-0.39, 0.29) is 10.9 Å². The lowest BCUT2D eigenvalue weighted by molar-refractivity contribution is 0.407. The molecule has 1 heterocycles. The molecule has 0 atom stereocenters. The molecule has 108 valence electrons. The van der Waals surface area contributed by atoms with Crippen molar-refractivity contribution in [2.75, 3.05) is 19.5 Å². The second-order valence-electron chi connectivity index (χ2n) is 3.97. The van der Waals surface area contributed by atoms with E-state index in [0.29, 0.717) is 27.9 Å². The number of halogens is 2. The molecule has 0 fully saturated rings. The molecule has 5 nitrogen and oxygen atoms in total. The van der Waals surface area contributed by atoms with Gasteiger partial charge in [0.25, 0.3) is 0 Å². The maximum atomic E-state index is 8.99. The molecule has 21 heavy (non-hydrogen) atoms. The second-order valence-corrected chi connectivity index (χ2v) is 4.78. The molecule has 0 bridgehead atoms. The standard InChI is InChI=1S/C14H11Cl2N3O2/c1-18-13-11(15)6-12(16)14(19-13)21-10-4-8(7-17)3-9(5-10)20-2/h3-6H,1-2H3,(H,18,19).